The quantitative estimate of drug-likeness (QED) is 0.414. The number of ether oxygens (including phenoxy) is 2. The molecule has 2 saturated heterocycles. The predicted octanol–water partition coefficient (Wildman–Crippen LogP) is 3.05. The van der Waals surface area contributed by atoms with E-state index in [0.29, 0.717) is 5.11 Å². The fraction of sp³-hybridized carbons (Fsp3) is 0.619. The van der Waals surface area contributed by atoms with Crippen LogP contribution in [-0.4, -0.2) is 55.2 Å². The third kappa shape index (κ3) is 6.15. The van der Waals surface area contributed by atoms with Gasteiger partial charge in [0.25, 0.3) is 0 Å². The number of hydrazone groups is 1. The number of methoxy groups -OCH3 is 1. The number of nitrogens with zero attached hydrogens (tertiary/aromatic N) is 2. The van der Waals surface area contributed by atoms with Crippen LogP contribution in [0.25, 0.3) is 0 Å². The number of nitrogens with one attached hydrogen (secondary N) is 2. The normalized spacial score (nSPS) is 20.8. The van der Waals surface area contributed by atoms with Crippen LogP contribution in [0.3, 0.4) is 0 Å². The van der Waals surface area contributed by atoms with E-state index in [9.17, 15) is 0 Å². The molecule has 2 heterocycles. The van der Waals surface area contributed by atoms with Crippen LogP contribution in [0.4, 0.5) is 0 Å². The molecule has 3 rings (SSSR count). The Bertz CT molecular complexity index is 683. The lowest BCUT2D eigenvalue weighted by atomic mass is 10.0. The third-order valence-corrected chi connectivity index (χ3v) is 5.62. The highest BCUT2D eigenvalue weighted by Gasteiger charge is 2.16. The van der Waals surface area contributed by atoms with Gasteiger partial charge in [0.1, 0.15) is 5.75 Å². The van der Waals surface area contributed by atoms with E-state index in [1.165, 1.54) is 24.8 Å². The monoisotopic (exact) mass is 404 g/mol. The maximum Gasteiger partial charge on any atom is 0.187 e. The largest absolute Gasteiger partial charge is 0.496 e. The van der Waals surface area contributed by atoms with Crippen molar-refractivity contribution in [3.63, 3.8) is 0 Å². The van der Waals surface area contributed by atoms with E-state index in [2.05, 4.69) is 26.8 Å². The summed E-state index contributed by atoms with van der Waals surface area (Å²) in [6, 6.07) is 6.25. The summed E-state index contributed by atoms with van der Waals surface area (Å²) in [7, 11) is 1.73. The summed E-state index contributed by atoms with van der Waals surface area (Å²) < 4.78 is 11.2. The average molecular weight is 405 g/mol. The van der Waals surface area contributed by atoms with E-state index in [4.69, 9.17) is 21.7 Å². The lowest BCUT2D eigenvalue weighted by molar-refractivity contribution is 0.114. The molecule has 1 aromatic rings. The summed E-state index contributed by atoms with van der Waals surface area (Å²) in [5.74, 6) is 0.934. The van der Waals surface area contributed by atoms with Crippen molar-refractivity contribution in [2.24, 2.45) is 5.10 Å². The van der Waals surface area contributed by atoms with Crippen molar-refractivity contribution in [1.29, 1.82) is 0 Å². The maximum atomic E-state index is 5.59. The minimum atomic E-state index is 0.253. The van der Waals surface area contributed by atoms with Crippen molar-refractivity contribution < 1.29 is 9.47 Å². The summed E-state index contributed by atoms with van der Waals surface area (Å²) in [6.45, 7) is 6.80. The van der Waals surface area contributed by atoms with Gasteiger partial charge < -0.3 is 14.8 Å². The van der Waals surface area contributed by atoms with Crippen molar-refractivity contribution in [3.8, 4) is 5.75 Å². The molecule has 2 aliphatic rings. The zero-order valence-electron chi connectivity index (χ0n) is 17.0. The highest BCUT2D eigenvalue weighted by Crippen LogP contribution is 2.23. The number of piperidine rings is 1. The Labute approximate surface area is 173 Å². The zero-order chi connectivity index (χ0) is 19.8. The first-order chi connectivity index (χ1) is 13.7. The van der Waals surface area contributed by atoms with Crippen LogP contribution in [-0.2, 0) is 11.3 Å². The number of benzene rings is 1. The average Bonchev–Trinajstić information content (AvgIpc) is 3.25. The summed E-state index contributed by atoms with van der Waals surface area (Å²) in [6.07, 6.45) is 6.37. The van der Waals surface area contributed by atoms with Gasteiger partial charge in [-0.15, -0.1) is 0 Å². The van der Waals surface area contributed by atoms with E-state index in [1.807, 2.05) is 19.1 Å². The highest BCUT2D eigenvalue weighted by molar-refractivity contribution is 7.80. The van der Waals surface area contributed by atoms with Gasteiger partial charge in [-0.05, 0) is 81.7 Å². The van der Waals surface area contributed by atoms with Crippen molar-refractivity contribution in [2.45, 2.75) is 51.7 Å². The number of likely N-dealkylation sites (tertiary alicyclic amines) is 1. The molecule has 2 N–H and O–H groups in total. The lowest BCUT2D eigenvalue weighted by Gasteiger charge is -2.27. The highest BCUT2D eigenvalue weighted by atomic mass is 32.1. The summed E-state index contributed by atoms with van der Waals surface area (Å²) in [5, 5.41) is 8.15. The number of hydrogen-bond acceptors (Lipinski definition) is 5. The standard InChI is InChI=1S/C21H32N4O2S/c1-16(23-24-21(28)22-14-19-7-6-12-27-19)17-8-9-20(26-2)18(13-17)15-25-10-4-3-5-11-25/h8-9,13,19H,3-7,10-12,14-15H2,1-2H3,(H2,22,24,28)/b23-16-/t19-/m0/s1. The van der Waals surface area contributed by atoms with Crippen molar-refractivity contribution in [2.75, 3.05) is 33.4 Å². The van der Waals surface area contributed by atoms with E-state index in [-0.39, 0.29) is 6.10 Å². The molecule has 154 valence electrons. The Morgan fingerprint density at radius 1 is 1.29 bits per heavy atom. The van der Waals surface area contributed by atoms with Gasteiger partial charge in [-0.1, -0.05) is 6.42 Å². The summed E-state index contributed by atoms with van der Waals surface area (Å²) in [4.78, 5) is 2.50. The third-order valence-electron chi connectivity index (χ3n) is 5.38. The van der Waals surface area contributed by atoms with Gasteiger partial charge in [-0.2, -0.15) is 5.10 Å². The van der Waals surface area contributed by atoms with Crippen LogP contribution >= 0.6 is 12.2 Å². The first kappa shape index (κ1) is 21.0. The first-order valence-corrected chi connectivity index (χ1v) is 10.7. The second kappa shape index (κ2) is 10.7. The van der Waals surface area contributed by atoms with E-state index in [0.717, 1.165) is 62.7 Å². The molecule has 1 aromatic carbocycles. The van der Waals surface area contributed by atoms with Crippen molar-refractivity contribution in [3.05, 3.63) is 29.3 Å². The van der Waals surface area contributed by atoms with Crippen LogP contribution in [0.2, 0.25) is 0 Å². The second-order valence-corrected chi connectivity index (χ2v) is 7.93. The van der Waals surface area contributed by atoms with Gasteiger partial charge in [-0.3, -0.25) is 10.3 Å². The molecule has 0 unspecified atom stereocenters. The minimum absolute atomic E-state index is 0.253. The zero-order valence-corrected chi connectivity index (χ0v) is 17.8. The van der Waals surface area contributed by atoms with E-state index < -0.39 is 0 Å². The molecule has 0 radical (unpaired) electrons. The smallest absolute Gasteiger partial charge is 0.187 e. The number of thiocarbonyl (C=S) groups is 1. The molecule has 0 bridgehead atoms. The molecular weight excluding hydrogens is 372 g/mol. The summed E-state index contributed by atoms with van der Waals surface area (Å²) in [5.41, 5.74) is 6.11. The number of rotatable bonds is 7. The van der Waals surface area contributed by atoms with Gasteiger partial charge in [0, 0.05) is 25.3 Å². The first-order valence-electron chi connectivity index (χ1n) is 10.2. The molecule has 7 heteroatoms. The Hall–Kier alpha value is -1.70. The van der Waals surface area contributed by atoms with Crippen LogP contribution in [0.5, 0.6) is 5.75 Å². The maximum absolute atomic E-state index is 5.59. The van der Waals surface area contributed by atoms with Crippen molar-refractivity contribution in [1.82, 2.24) is 15.6 Å². The fourth-order valence-electron chi connectivity index (χ4n) is 3.74. The molecule has 0 spiro atoms. The van der Waals surface area contributed by atoms with E-state index >= 15 is 0 Å². The van der Waals surface area contributed by atoms with Gasteiger partial charge in [0.05, 0.1) is 18.9 Å². The minimum Gasteiger partial charge on any atom is -0.496 e. The molecule has 0 saturated carbocycles. The molecule has 0 amide bonds. The number of hydrogen-bond donors (Lipinski definition) is 2. The predicted molar refractivity (Wildman–Crippen MR) is 117 cm³/mol. The SMILES string of the molecule is COc1ccc(/C(C)=N\NC(=S)NC[C@@H]2CCCO2)cc1CN1CCCCC1. The second-order valence-electron chi connectivity index (χ2n) is 7.52. The van der Waals surface area contributed by atoms with Crippen molar-refractivity contribution >= 4 is 23.0 Å². The molecule has 2 fully saturated rings. The molecule has 28 heavy (non-hydrogen) atoms. The molecule has 2 aliphatic heterocycles. The molecule has 0 aromatic heterocycles. The lowest BCUT2D eigenvalue weighted by Crippen LogP contribution is -2.37. The van der Waals surface area contributed by atoms with Gasteiger partial charge >= 0.3 is 0 Å². The fourth-order valence-corrected chi connectivity index (χ4v) is 3.87. The Morgan fingerprint density at radius 2 is 2.11 bits per heavy atom. The molecule has 0 aliphatic carbocycles. The molecular formula is C21H32N4O2S. The Morgan fingerprint density at radius 3 is 2.82 bits per heavy atom. The van der Waals surface area contributed by atoms with Gasteiger partial charge in [-0.25, -0.2) is 0 Å². The van der Waals surface area contributed by atoms with Crippen LogP contribution in [0.1, 0.15) is 50.2 Å². The summed E-state index contributed by atoms with van der Waals surface area (Å²) >= 11 is 5.32. The molecule has 1 atom stereocenters. The molecule has 6 nitrogen and oxygen atoms in total. The van der Waals surface area contributed by atoms with Gasteiger partial charge in [0.2, 0.25) is 0 Å². The van der Waals surface area contributed by atoms with Crippen LogP contribution in [0.15, 0.2) is 23.3 Å². The van der Waals surface area contributed by atoms with Crippen LogP contribution in [0, 0.1) is 0 Å². The van der Waals surface area contributed by atoms with Gasteiger partial charge in [0.15, 0.2) is 5.11 Å². The Kier molecular flexibility index (Phi) is 8.06. The van der Waals surface area contributed by atoms with Crippen LogP contribution < -0.4 is 15.5 Å². The topological polar surface area (TPSA) is 58.1 Å². The van der Waals surface area contributed by atoms with E-state index in [1.54, 1.807) is 7.11 Å². The Balaban J connectivity index is 1.58.